The van der Waals surface area contributed by atoms with E-state index in [1.165, 1.54) is 28.4 Å². The number of benzene rings is 2. The van der Waals surface area contributed by atoms with Gasteiger partial charge in [0.15, 0.2) is 0 Å². The Kier molecular flexibility index (Phi) is 4.59. The first-order chi connectivity index (χ1) is 12.6. The number of aryl methyl sites for hydroxylation is 3. The van der Waals surface area contributed by atoms with Gasteiger partial charge in [0.05, 0.1) is 17.2 Å². The Bertz CT molecular complexity index is 1060. The Hall–Kier alpha value is -2.47. The van der Waals surface area contributed by atoms with Crippen molar-refractivity contribution in [1.82, 2.24) is 9.55 Å². The molecule has 0 fully saturated rings. The molecule has 3 aromatic rings. The number of nitrogens with one attached hydrogen (secondary N) is 1. The number of carbonyl (C=O) groups is 1. The molecule has 0 saturated heterocycles. The van der Waals surface area contributed by atoms with E-state index in [0.717, 1.165) is 23.0 Å². The first-order valence-corrected chi connectivity index (χ1v) is 9.46. The summed E-state index contributed by atoms with van der Waals surface area (Å²) in [6.07, 6.45) is 5.10. The average molecular weight is 412 g/mol. The van der Waals surface area contributed by atoms with Gasteiger partial charge in [0.2, 0.25) is 5.91 Å². The molecule has 132 valence electrons. The maximum Gasteiger partial charge on any atom is 0.261 e. The first-order valence-electron chi connectivity index (χ1n) is 8.66. The molecule has 0 radical (unpaired) electrons. The van der Waals surface area contributed by atoms with Crippen molar-refractivity contribution in [3.05, 3.63) is 68.7 Å². The third kappa shape index (κ3) is 3.42. The van der Waals surface area contributed by atoms with Gasteiger partial charge in [-0.15, -0.1) is 0 Å². The zero-order chi connectivity index (χ0) is 18.1. The molecule has 0 bridgehead atoms. The molecule has 1 aromatic heterocycles. The Morgan fingerprint density at radius 3 is 2.88 bits per heavy atom. The van der Waals surface area contributed by atoms with Gasteiger partial charge in [0.1, 0.15) is 0 Å². The number of aromatic nitrogens is 2. The Morgan fingerprint density at radius 1 is 1.15 bits per heavy atom. The van der Waals surface area contributed by atoms with Gasteiger partial charge in [-0.3, -0.25) is 14.2 Å². The van der Waals surface area contributed by atoms with Crippen LogP contribution < -0.4 is 10.9 Å². The van der Waals surface area contributed by atoms with Gasteiger partial charge in [-0.2, -0.15) is 0 Å². The number of fused-ring (bicyclic) bond motifs is 2. The SMILES string of the molecule is O=C(CCn1cnc2ccc(Br)cc2c1=O)Nc1ccc2c(c1)CCC2. The predicted octanol–water partition coefficient (Wildman–Crippen LogP) is 3.68. The van der Waals surface area contributed by atoms with E-state index in [4.69, 9.17) is 0 Å². The third-order valence-corrected chi connectivity index (χ3v) is 5.24. The van der Waals surface area contributed by atoms with E-state index in [1.54, 1.807) is 12.1 Å². The van der Waals surface area contributed by atoms with Crippen molar-refractivity contribution >= 4 is 38.4 Å². The van der Waals surface area contributed by atoms with Crippen molar-refractivity contribution in [3.63, 3.8) is 0 Å². The van der Waals surface area contributed by atoms with Gasteiger partial charge in [-0.05, 0) is 60.7 Å². The number of carbonyl (C=O) groups excluding carboxylic acids is 1. The highest BCUT2D eigenvalue weighted by molar-refractivity contribution is 9.10. The molecule has 0 spiro atoms. The van der Waals surface area contributed by atoms with Crippen LogP contribution in [0.25, 0.3) is 10.9 Å². The molecule has 0 unspecified atom stereocenters. The predicted molar refractivity (Wildman–Crippen MR) is 105 cm³/mol. The molecule has 0 saturated carbocycles. The monoisotopic (exact) mass is 411 g/mol. The molecule has 6 heteroatoms. The van der Waals surface area contributed by atoms with Gasteiger partial charge < -0.3 is 5.32 Å². The van der Waals surface area contributed by atoms with Crippen molar-refractivity contribution in [2.75, 3.05) is 5.32 Å². The molecule has 1 amide bonds. The van der Waals surface area contributed by atoms with Crippen molar-refractivity contribution in [2.45, 2.75) is 32.2 Å². The number of hydrogen-bond acceptors (Lipinski definition) is 3. The fraction of sp³-hybridized carbons (Fsp3) is 0.250. The van der Waals surface area contributed by atoms with E-state index in [0.29, 0.717) is 17.4 Å². The fourth-order valence-electron chi connectivity index (χ4n) is 3.39. The standard InChI is InChI=1S/C20H18BrN3O2/c21-15-5-7-18-17(11-15)20(26)24(12-22-18)9-8-19(25)23-16-6-4-13-2-1-3-14(13)10-16/h4-7,10-12H,1-3,8-9H2,(H,23,25). The summed E-state index contributed by atoms with van der Waals surface area (Å²) < 4.78 is 2.31. The topological polar surface area (TPSA) is 64.0 Å². The second-order valence-corrected chi connectivity index (χ2v) is 7.46. The Balaban J connectivity index is 1.45. The summed E-state index contributed by atoms with van der Waals surface area (Å²) in [6.45, 7) is 0.297. The lowest BCUT2D eigenvalue weighted by Gasteiger charge is -2.09. The minimum absolute atomic E-state index is 0.107. The van der Waals surface area contributed by atoms with Crippen LogP contribution in [0.5, 0.6) is 0 Å². The zero-order valence-electron chi connectivity index (χ0n) is 14.2. The summed E-state index contributed by atoms with van der Waals surface area (Å²) in [5.41, 5.74) is 4.04. The maximum absolute atomic E-state index is 12.5. The lowest BCUT2D eigenvalue weighted by molar-refractivity contribution is -0.116. The normalized spacial score (nSPS) is 13.0. The number of nitrogens with zero attached hydrogens (tertiary/aromatic N) is 2. The van der Waals surface area contributed by atoms with Gasteiger partial charge in [0, 0.05) is 23.1 Å². The quantitative estimate of drug-likeness (QED) is 0.711. The zero-order valence-corrected chi connectivity index (χ0v) is 15.8. The second-order valence-electron chi connectivity index (χ2n) is 6.54. The summed E-state index contributed by atoms with van der Waals surface area (Å²) in [4.78, 5) is 29.1. The van der Waals surface area contributed by atoms with E-state index in [9.17, 15) is 9.59 Å². The smallest absolute Gasteiger partial charge is 0.261 e. The molecule has 1 aliphatic carbocycles. The third-order valence-electron chi connectivity index (χ3n) is 4.75. The highest BCUT2D eigenvalue weighted by Gasteiger charge is 2.12. The van der Waals surface area contributed by atoms with Crippen LogP contribution in [0.15, 0.2) is 52.0 Å². The number of halogens is 1. The van der Waals surface area contributed by atoms with Gasteiger partial charge in [-0.1, -0.05) is 22.0 Å². The van der Waals surface area contributed by atoms with Crippen molar-refractivity contribution in [3.8, 4) is 0 Å². The van der Waals surface area contributed by atoms with Gasteiger partial charge in [-0.25, -0.2) is 4.98 Å². The number of anilines is 1. The number of amides is 1. The van der Waals surface area contributed by atoms with Crippen LogP contribution in [-0.4, -0.2) is 15.5 Å². The minimum Gasteiger partial charge on any atom is -0.326 e. The average Bonchev–Trinajstić information content (AvgIpc) is 3.09. The largest absolute Gasteiger partial charge is 0.326 e. The van der Waals surface area contributed by atoms with Crippen molar-refractivity contribution in [2.24, 2.45) is 0 Å². The van der Waals surface area contributed by atoms with Crippen LogP contribution in [0.3, 0.4) is 0 Å². The van der Waals surface area contributed by atoms with E-state index in [2.05, 4.69) is 38.4 Å². The van der Waals surface area contributed by atoms with Crippen LogP contribution in [-0.2, 0) is 24.2 Å². The summed E-state index contributed by atoms with van der Waals surface area (Å²) in [5.74, 6) is -0.107. The number of rotatable bonds is 4. The van der Waals surface area contributed by atoms with Gasteiger partial charge >= 0.3 is 0 Å². The van der Waals surface area contributed by atoms with E-state index in [-0.39, 0.29) is 17.9 Å². The molecule has 4 rings (SSSR count). The first kappa shape index (κ1) is 17.0. The fourth-order valence-corrected chi connectivity index (χ4v) is 3.75. The molecule has 1 heterocycles. The minimum atomic E-state index is -0.137. The van der Waals surface area contributed by atoms with Crippen molar-refractivity contribution < 1.29 is 4.79 Å². The van der Waals surface area contributed by atoms with Crippen LogP contribution >= 0.6 is 15.9 Å². The van der Waals surface area contributed by atoms with Gasteiger partial charge in [0.25, 0.3) is 5.56 Å². The molecular weight excluding hydrogens is 394 g/mol. The van der Waals surface area contributed by atoms with E-state index < -0.39 is 0 Å². The van der Waals surface area contributed by atoms with Crippen LogP contribution in [0.4, 0.5) is 5.69 Å². The van der Waals surface area contributed by atoms with E-state index >= 15 is 0 Å². The Labute approximate surface area is 159 Å². The van der Waals surface area contributed by atoms with Crippen LogP contribution in [0, 0.1) is 0 Å². The summed E-state index contributed by atoms with van der Waals surface area (Å²) in [5, 5.41) is 3.47. The molecule has 26 heavy (non-hydrogen) atoms. The van der Waals surface area contributed by atoms with Crippen molar-refractivity contribution in [1.29, 1.82) is 0 Å². The lowest BCUT2D eigenvalue weighted by Crippen LogP contribution is -2.23. The molecule has 2 aromatic carbocycles. The molecule has 1 aliphatic rings. The molecule has 1 N–H and O–H groups in total. The van der Waals surface area contributed by atoms with Crippen LogP contribution in [0.2, 0.25) is 0 Å². The molecule has 0 aliphatic heterocycles. The summed E-state index contributed by atoms with van der Waals surface area (Å²) >= 11 is 3.37. The molecule has 5 nitrogen and oxygen atoms in total. The highest BCUT2D eigenvalue weighted by Crippen LogP contribution is 2.25. The van der Waals surface area contributed by atoms with E-state index in [1.807, 2.05) is 12.1 Å². The maximum atomic E-state index is 12.5. The number of hydrogen-bond donors (Lipinski definition) is 1. The Morgan fingerprint density at radius 2 is 2.00 bits per heavy atom. The highest BCUT2D eigenvalue weighted by atomic mass is 79.9. The molecule has 0 atom stereocenters. The summed E-state index contributed by atoms with van der Waals surface area (Å²) in [6, 6.07) is 11.5. The summed E-state index contributed by atoms with van der Waals surface area (Å²) in [7, 11) is 0. The second kappa shape index (κ2) is 7.03. The lowest BCUT2D eigenvalue weighted by atomic mass is 10.1. The van der Waals surface area contributed by atoms with Crippen LogP contribution in [0.1, 0.15) is 24.0 Å². The molecular formula is C20H18BrN3O2.